The molecule has 0 radical (unpaired) electrons. The summed E-state index contributed by atoms with van der Waals surface area (Å²) < 4.78 is 5.61. The van der Waals surface area contributed by atoms with E-state index >= 15 is 0 Å². The highest BCUT2D eigenvalue weighted by atomic mass is 127. The lowest BCUT2D eigenvalue weighted by Crippen LogP contribution is -2.17. The predicted octanol–water partition coefficient (Wildman–Crippen LogP) is 2.65. The van der Waals surface area contributed by atoms with Gasteiger partial charge in [0.2, 0.25) is 5.91 Å². The van der Waals surface area contributed by atoms with E-state index < -0.39 is 5.97 Å². The van der Waals surface area contributed by atoms with E-state index in [0.29, 0.717) is 16.9 Å². The number of nitrogens with zero attached hydrogens (tertiary/aromatic N) is 1. The Hall–Kier alpha value is -1.96. The van der Waals surface area contributed by atoms with Crippen molar-refractivity contribution in [1.29, 1.82) is 0 Å². The van der Waals surface area contributed by atoms with E-state index in [9.17, 15) is 9.59 Å². The molecule has 0 bridgehead atoms. The van der Waals surface area contributed by atoms with Crippen LogP contribution >= 0.6 is 22.6 Å². The fourth-order valence-electron chi connectivity index (χ4n) is 1.77. The van der Waals surface area contributed by atoms with Gasteiger partial charge in [-0.15, -0.1) is 0 Å². The quantitative estimate of drug-likeness (QED) is 0.638. The molecule has 108 valence electrons. The van der Waals surface area contributed by atoms with Crippen LogP contribution in [0.3, 0.4) is 0 Å². The van der Waals surface area contributed by atoms with E-state index in [1.807, 2.05) is 12.1 Å². The molecule has 1 amide bonds. The molecule has 1 heterocycles. The highest BCUT2D eigenvalue weighted by Gasteiger charge is 2.14. The second-order valence-electron chi connectivity index (χ2n) is 4.23. The monoisotopic (exact) mass is 396 g/mol. The zero-order chi connectivity index (χ0) is 15.2. The summed E-state index contributed by atoms with van der Waals surface area (Å²) in [5, 5.41) is 2.72. The molecule has 0 saturated heterocycles. The first-order valence-corrected chi connectivity index (χ1v) is 7.25. The Morgan fingerprint density at radius 2 is 2.10 bits per heavy atom. The van der Waals surface area contributed by atoms with Crippen molar-refractivity contribution in [1.82, 2.24) is 4.98 Å². The molecule has 2 rings (SSSR count). The number of esters is 1. The van der Waals surface area contributed by atoms with Gasteiger partial charge in [0, 0.05) is 15.5 Å². The van der Waals surface area contributed by atoms with Crippen LogP contribution < -0.4 is 5.32 Å². The highest BCUT2D eigenvalue weighted by molar-refractivity contribution is 14.1. The Balaban J connectivity index is 2.15. The molecule has 21 heavy (non-hydrogen) atoms. The standard InChI is InChI=1S/C15H13IN2O3/c1-21-15(20)12-8-10(16)5-6-13(12)18-14(19)9-11-4-2-3-7-17-11/h2-8H,9H2,1H3,(H,18,19). The summed E-state index contributed by atoms with van der Waals surface area (Å²) in [6.45, 7) is 0. The second kappa shape index (κ2) is 7.16. The first kappa shape index (κ1) is 15.4. The molecule has 5 nitrogen and oxygen atoms in total. The predicted molar refractivity (Wildman–Crippen MR) is 87.1 cm³/mol. The van der Waals surface area contributed by atoms with Gasteiger partial charge in [0.15, 0.2) is 0 Å². The average Bonchev–Trinajstić information content (AvgIpc) is 2.49. The van der Waals surface area contributed by atoms with Gasteiger partial charge in [-0.25, -0.2) is 4.79 Å². The number of pyridine rings is 1. The van der Waals surface area contributed by atoms with Crippen LogP contribution in [0, 0.1) is 3.57 Å². The molecular weight excluding hydrogens is 383 g/mol. The molecule has 0 unspecified atom stereocenters. The van der Waals surface area contributed by atoms with Crippen molar-refractivity contribution in [3.8, 4) is 0 Å². The Morgan fingerprint density at radius 3 is 2.76 bits per heavy atom. The smallest absolute Gasteiger partial charge is 0.340 e. The van der Waals surface area contributed by atoms with Crippen LogP contribution in [0.25, 0.3) is 0 Å². The average molecular weight is 396 g/mol. The number of carbonyl (C=O) groups is 2. The van der Waals surface area contributed by atoms with Gasteiger partial charge in [-0.05, 0) is 52.9 Å². The minimum Gasteiger partial charge on any atom is -0.465 e. The Labute approximate surface area is 135 Å². The Kier molecular flexibility index (Phi) is 5.26. The third kappa shape index (κ3) is 4.25. The number of nitrogens with one attached hydrogen (secondary N) is 1. The number of benzene rings is 1. The first-order valence-electron chi connectivity index (χ1n) is 6.18. The van der Waals surface area contributed by atoms with Crippen molar-refractivity contribution >= 4 is 40.2 Å². The van der Waals surface area contributed by atoms with Crippen molar-refractivity contribution in [3.63, 3.8) is 0 Å². The lowest BCUT2D eigenvalue weighted by atomic mass is 10.1. The number of carbonyl (C=O) groups excluding carboxylic acids is 2. The molecule has 6 heteroatoms. The molecule has 0 fully saturated rings. The maximum Gasteiger partial charge on any atom is 0.340 e. The van der Waals surface area contributed by atoms with Crippen LogP contribution in [0.2, 0.25) is 0 Å². The number of ether oxygens (including phenoxy) is 1. The van der Waals surface area contributed by atoms with E-state index in [4.69, 9.17) is 4.74 Å². The van der Waals surface area contributed by atoms with Crippen molar-refractivity contribution in [3.05, 3.63) is 57.4 Å². The Morgan fingerprint density at radius 1 is 1.29 bits per heavy atom. The van der Waals surface area contributed by atoms with Gasteiger partial charge in [0.05, 0.1) is 24.8 Å². The molecule has 1 aromatic heterocycles. The maximum absolute atomic E-state index is 12.0. The summed E-state index contributed by atoms with van der Waals surface area (Å²) >= 11 is 2.09. The highest BCUT2D eigenvalue weighted by Crippen LogP contribution is 2.20. The van der Waals surface area contributed by atoms with E-state index in [-0.39, 0.29) is 12.3 Å². The summed E-state index contributed by atoms with van der Waals surface area (Å²) in [5.41, 5.74) is 1.43. The second-order valence-corrected chi connectivity index (χ2v) is 5.47. The summed E-state index contributed by atoms with van der Waals surface area (Å²) in [7, 11) is 1.31. The molecule has 0 aliphatic rings. The van der Waals surface area contributed by atoms with Gasteiger partial charge in [-0.3, -0.25) is 9.78 Å². The number of aromatic nitrogens is 1. The normalized spacial score (nSPS) is 10.0. The lowest BCUT2D eigenvalue weighted by molar-refractivity contribution is -0.115. The van der Waals surface area contributed by atoms with Gasteiger partial charge >= 0.3 is 5.97 Å². The van der Waals surface area contributed by atoms with Crippen LogP contribution in [0.1, 0.15) is 16.1 Å². The van der Waals surface area contributed by atoms with E-state index in [0.717, 1.165) is 3.57 Å². The minimum absolute atomic E-state index is 0.146. The lowest BCUT2D eigenvalue weighted by Gasteiger charge is -2.10. The van der Waals surface area contributed by atoms with Crippen molar-refractivity contribution in [2.75, 3.05) is 12.4 Å². The fourth-order valence-corrected chi connectivity index (χ4v) is 2.26. The number of hydrogen-bond acceptors (Lipinski definition) is 4. The molecule has 1 N–H and O–H groups in total. The van der Waals surface area contributed by atoms with Crippen LogP contribution in [0.15, 0.2) is 42.6 Å². The van der Waals surface area contributed by atoms with Crippen LogP contribution in [0.5, 0.6) is 0 Å². The van der Waals surface area contributed by atoms with Gasteiger partial charge in [0.25, 0.3) is 0 Å². The molecule has 2 aromatic rings. The maximum atomic E-state index is 12.0. The molecular formula is C15H13IN2O3. The number of rotatable bonds is 4. The van der Waals surface area contributed by atoms with Gasteiger partial charge in [-0.1, -0.05) is 6.07 Å². The molecule has 0 atom stereocenters. The van der Waals surface area contributed by atoms with E-state index in [1.165, 1.54) is 7.11 Å². The van der Waals surface area contributed by atoms with Crippen LogP contribution in [-0.4, -0.2) is 24.0 Å². The number of amides is 1. The summed E-state index contributed by atoms with van der Waals surface area (Å²) in [4.78, 5) is 27.9. The first-order chi connectivity index (χ1) is 10.1. The van der Waals surface area contributed by atoms with E-state index in [2.05, 4.69) is 32.9 Å². The molecule has 0 aliphatic heterocycles. The molecule has 0 saturated carbocycles. The fraction of sp³-hybridized carbons (Fsp3) is 0.133. The zero-order valence-electron chi connectivity index (χ0n) is 11.3. The molecule has 0 aliphatic carbocycles. The number of methoxy groups -OCH3 is 1. The van der Waals surface area contributed by atoms with Gasteiger partial charge < -0.3 is 10.1 Å². The van der Waals surface area contributed by atoms with Crippen molar-refractivity contribution < 1.29 is 14.3 Å². The van der Waals surface area contributed by atoms with Crippen molar-refractivity contribution in [2.45, 2.75) is 6.42 Å². The topological polar surface area (TPSA) is 68.3 Å². The van der Waals surface area contributed by atoms with E-state index in [1.54, 1.807) is 30.5 Å². The SMILES string of the molecule is COC(=O)c1cc(I)ccc1NC(=O)Cc1ccccn1. The summed E-state index contributed by atoms with van der Waals surface area (Å²) in [5.74, 6) is -0.721. The third-order valence-corrected chi connectivity index (χ3v) is 3.40. The van der Waals surface area contributed by atoms with Crippen LogP contribution in [0.4, 0.5) is 5.69 Å². The minimum atomic E-state index is -0.485. The number of hydrogen-bond donors (Lipinski definition) is 1. The summed E-state index contributed by atoms with van der Waals surface area (Å²) in [6, 6.07) is 10.5. The molecule has 0 spiro atoms. The van der Waals surface area contributed by atoms with Gasteiger partial charge in [-0.2, -0.15) is 0 Å². The van der Waals surface area contributed by atoms with Crippen LogP contribution in [-0.2, 0) is 16.0 Å². The third-order valence-electron chi connectivity index (χ3n) is 2.73. The van der Waals surface area contributed by atoms with Crippen molar-refractivity contribution in [2.24, 2.45) is 0 Å². The number of anilines is 1. The largest absolute Gasteiger partial charge is 0.465 e. The number of halogens is 1. The summed E-state index contributed by atoms with van der Waals surface area (Å²) in [6.07, 6.45) is 1.78. The molecule has 1 aromatic carbocycles. The van der Waals surface area contributed by atoms with Gasteiger partial charge in [0.1, 0.15) is 0 Å². The zero-order valence-corrected chi connectivity index (χ0v) is 13.5. The Bertz CT molecular complexity index is 659.